The molecule has 0 unspecified atom stereocenters. The molecular formula is C32H34F3N3O3. The Kier molecular flexibility index (Phi) is 9.86. The summed E-state index contributed by atoms with van der Waals surface area (Å²) in [6.07, 6.45) is -1.43. The minimum absolute atomic E-state index is 0.115. The SMILES string of the molecule is CC.COC(=O)c1ccc2c(N(Cc3ccc(-c4ccc(C(F)(F)F)nc4)cc3)C(=O)CC(C)(C)C)nccc2c1. The van der Waals surface area contributed by atoms with Crippen LogP contribution in [0, 0.1) is 5.41 Å². The Balaban J connectivity index is 0.00000226. The second-order valence-electron chi connectivity index (χ2n) is 10.4. The molecule has 0 aliphatic rings. The summed E-state index contributed by atoms with van der Waals surface area (Å²) >= 11 is 0. The van der Waals surface area contributed by atoms with Crippen LogP contribution in [-0.4, -0.2) is 29.0 Å². The highest BCUT2D eigenvalue weighted by Crippen LogP contribution is 2.31. The van der Waals surface area contributed by atoms with Gasteiger partial charge >= 0.3 is 12.1 Å². The predicted octanol–water partition coefficient (Wildman–Crippen LogP) is 8.10. The molecule has 4 aromatic rings. The molecule has 0 aliphatic carbocycles. The number of fused-ring (bicyclic) bond motifs is 1. The van der Waals surface area contributed by atoms with Gasteiger partial charge in [-0.15, -0.1) is 0 Å². The Morgan fingerprint density at radius 2 is 1.54 bits per heavy atom. The number of aromatic nitrogens is 2. The smallest absolute Gasteiger partial charge is 0.433 e. The van der Waals surface area contributed by atoms with E-state index in [9.17, 15) is 22.8 Å². The summed E-state index contributed by atoms with van der Waals surface area (Å²) in [6, 6.07) is 16.4. The standard InChI is InChI=1S/C30H28F3N3O3.C2H6/c1-29(2,3)16-26(37)36(27-24-11-9-22(28(38)39-4)15-21(24)13-14-34-27)18-19-5-7-20(8-6-19)23-10-12-25(35-17-23)30(31,32)33;1-2/h5-15,17H,16,18H2,1-4H3;1-2H3. The van der Waals surface area contributed by atoms with Crippen LogP contribution in [0.4, 0.5) is 19.0 Å². The van der Waals surface area contributed by atoms with Crippen LogP contribution in [0.25, 0.3) is 21.9 Å². The highest BCUT2D eigenvalue weighted by Gasteiger charge is 2.32. The van der Waals surface area contributed by atoms with Crippen LogP contribution >= 0.6 is 0 Å². The first kappa shape index (κ1) is 31.3. The summed E-state index contributed by atoms with van der Waals surface area (Å²) in [5.74, 6) is -0.107. The monoisotopic (exact) mass is 565 g/mol. The number of halogens is 3. The summed E-state index contributed by atoms with van der Waals surface area (Å²) in [5.41, 5.74) is 1.24. The topological polar surface area (TPSA) is 72.4 Å². The van der Waals surface area contributed by atoms with Gasteiger partial charge in [-0.25, -0.2) is 9.78 Å². The minimum Gasteiger partial charge on any atom is -0.465 e. The fourth-order valence-corrected chi connectivity index (χ4v) is 4.17. The second-order valence-corrected chi connectivity index (χ2v) is 10.4. The number of benzene rings is 2. The van der Waals surface area contributed by atoms with Gasteiger partial charge in [-0.2, -0.15) is 13.2 Å². The van der Waals surface area contributed by atoms with Crippen LogP contribution in [0.2, 0.25) is 0 Å². The van der Waals surface area contributed by atoms with E-state index in [0.29, 0.717) is 27.9 Å². The molecule has 2 aromatic carbocycles. The number of anilines is 1. The number of amides is 1. The average molecular weight is 566 g/mol. The molecule has 41 heavy (non-hydrogen) atoms. The number of esters is 1. The molecule has 6 nitrogen and oxygen atoms in total. The lowest BCUT2D eigenvalue weighted by Crippen LogP contribution is -2.34. The van der Waals surface area contributed by atoms with E-state index < -0.39 is 17.8 Å². The van der Waals surface area contributed by atoms with Crippen LogP contribution in [0.3, 0.4) is 0 Å². The third-order valence-corrected chi connectivity index (χ3v) is 6.08. The van der Waals surface area contributed by atoms with Crippen molar-refractivity contribution in [1.29, 1.82) is 0 Å². The highest BCUT2D eigenvalue weighted by atomic mass is 19.4. The lowest BCUT2D eigenvalue weighted by atomic mass is 9.91. The number of pyridine rings is 2. The molecule has 0 bridgehead atoms. The molecule has 4 rings (SSSR count). The van der Waals surface area contributed by atoms with Gasteiger partial charge in [-0.1, -0.05) is 65.0 Å². The Morgan fingerprint density at radius 1 is 0.878 bits per heavy atom. The summed E-state index contributed by atoms with van der Waals surface area (Å²) < 4.78 is 43.4. The molecule has 0 saturated carbocycles. The highest BCUT2D eigenvalue weighted by molar-refractivity contribution is 6.04. The molecule has 2 aromatic heterocycles. The number of hydrogen-bond acceptors (Lipinski definition) is 5. The van der Waals surface area contributed by atoms with Gasteiger partial charge in [-0.05, 0) is 52.3 Å². The van der Waals surface area contributed by atoms with E-state index in [2.05, 4.69) is 9.97 Å². The lowest BCUT2D eigenvalue weighted by Gasteiger charge is -2.27. The maximum absolute atomic E-state index is 13.5. The van der Waals surface area contributed by atoms with Crippen LogP contribution in [0.1, 0.15) is 62.7 Å². The summed E-state index contributed by atoms with van der Waals surface area (Å²) in [7, 11) is 1.32. The molecule has 9 heteroatoms. The Morgan fingerprint density at radius 3 is 2.10 bits per heavy atom. The lowest BCUT2D eigenvalue weighted by molar-refractivity contribution is -0.141. The number of hydrogen-bond donors (Lipinski definition) is 0. The first-order valence-corrected chi connectivity index (χ1v) is 13.3. The maximum Gasteiger partial charge on any atom is 0.433 e. The number of nitrogens with zero attached hydrogens (tertiary/aromatic N) is 3. The third kappa shape index (κ3) is 7.90. The van der Waals surface area contributed by atoms with Crippen molar-refractivity contribution >= 4 is 28.5 Å². The van der Waals surface area contributed by atoms with Gasteiger partial charge < -0.3 is 4.74 Å². The molecule has 0 saturated heterocycles. The Bertz CT molecular complexity index is 1490. The van der Waals surface area contributed by atoms with Crippen molar-refractivity contribution < 1.29 is 27.5 Å². The van der Waals surface area contributed by atoms with Crippen LogP contribution in [0.5, 0.6) is 0 Å². The molecule has 216 valence electrons. The van der Waals surface area contributed by atoms with Gasteiger partial charge in [0.15, 0.2) is 0 Å². The average Bonchev–Trinajstić information content (AvgIpc) is 2.95. The number of alkyl halides is 3. The van der Waals surface area contributed by atoms with Crippen molar-refractivity contribution in [3.05, 3.63) is 89.9 Å². The Hall–Kier alpha value is -4.27. The molecule has 2 heterocycles. The van der Waals surface area contributed by atoms with Crippen LogP contribution < -0.4 is 4.90 Å². The van der Waals surface area contributed by atoms with Crippen molar-refractivity contribution in [2.24, 2.45) is 5.41 Å². The second kappa shape index (κ2) is 12.9. The number of carbonyl (C=O) groups is 2. The van der Waals surface area contributed by atoms with E-state index in [1.807, 2.05) is 46.8 Å². The first-order chi connectivity index (χ1) is 19.4. The number of methoxy groups -OCH3 is 1. The molecule has 0 fully saturated rings. The van der Waals surface area contributed by atoms with Crippen LogP contribution in [0.15, 0.2) is 73.1 Å². The summed E-state index contributed by atoms with van der Waals surface area (Å²) in [5, 5.41) is 1.45. The van der Waals surface area contributed by atoms with Crippen molar-refractivity contribution in [3.63, 3.8) is 0 Å². The number of ether oxygens (including phenoxy) is 1. The largest absolute Gasteiger partial charge is 0.465 e. The van der Waals surface area contributed by atoms with Gasteiger partial charge in [0, 0.05) is 29.8 Å². The molecule has 1 amide bonds. The van der Waals surface area contributed by atoms with Gasteiger partial charge in [0.05, 0.1) is 19.2 Å². The van der Waals surface area contributed by atoms with Crippen molar-refractivity contribution in [2.75, 3.05) is 12.0 Å². The zero-order valence-corrected chi connectivity index (χ0v) is 24.0. The van der Waals surface area contributed by atoms with E-state index in [0.717, 1.165) is 17.0 Å². The van der Waals surface area contributed by atoms with E-state index in [1.165, 1.54) is 19.4 Å². The third-order valence-electron chi connectivity index (χ3n) is 6.08. The van der Waals surface area contributed by atoms with Gasteiger partial charge in [0.1, 0.15) is 11.5 Å². The molecule has 0 atom stereocenters. The predicted molar refractivity (Wildman–Crippen MR) is 154 cm³/mol. The molecule has 0 spiro atoms. The summed E-state index contributed by atoms with van der Waals surface area (Å²) in [4.78, 5) is 35.2. The fourth-order valence-electron chi connectivity index (χ4n) is 4.17. The summed E-state index contributed by atoms with van der Waals surface area (Å²) in [6.45, 7) is 10.2. The van der Waals surface area contributed by atoms with E-state index in [-0.39, 0.29) is 24.3 Å². The van der Waals surface area contributed by atoms with Crippen molar-refractivity contribution in [2.45, 2.75) is 53.8 Å². The number of rotatable bonds is 6. The van der Waals surface area contributed by atoms with Crippen molar-refractivity contribution in [1.82, 2.24) is 9.97 Å². The van der Waals surface area contributed by atoms with Crippen LogP contribution in [-0.2, 0) is 22.3 Å². The zero-order valence-electron chi connectivity index (χ0n) is 24.0. The molecule has 0 aliphatic heterocycles. The van der Waals surface area contributed by atoms with Gasteiger partial charge in [0.25, 0.3) is 0 Å². The van der Waals surface area contributed by atoms with Gasteiger partial charge in [-0.3, -0.25) is 14.7 Å². The van der Waals surface area contributed by atoms with E-state index >= 15 is 0 Å². The maximum atomic E-state index is 13.5. The first-order valence-electron chi connectivity index (χ1n) is 13.3. The van der Waals surface area contributed by atoms with E-state index in [4.69, 9.17) is 4.74 Å². The fraction of sp³-hybridized carbons (Fsp3) is 0.312. The van der Waals surface area contributed by atoms with Gasteiger partial charge in [0.2, 0.25) is 5.91 Å². The normalized spacial score (nSPS) is 11.4. The molecular weight excluding hydrogens is 531 g/mol. The zero-order chi connectivity index (χ0) is 30.4. The quantitative estimate of drug-likeness (QED) is 0.221. The molecule has 0 N–H and O–H groups in total. The van der Waals surface area contributed by atoms with Crippen molar-refractivity contribution in [3.8, 4) is 11.1 Å². The van der Waals surface area contributed by atoms with E-state index in [1.54, 1.807) is 47.5 Å². The minimum atomic E-state index is -4.50. The Labute approximate surface area is 238 Å². The number of carbonyl (C=O) groups excluding carboxylic acids is 2. The molecule has 0 radical (unpaired) electrons.